The Labute approximate surface area is 124 Å². The quantitative estimate of drug-likeness (QED) is 0.800. The number of ether oxygens (including phenoxy) is 1. The van der Waals surface area contributed by atoms with Gasteiger partial charge in [0.1, 0.15) is 11.6 Å². The zero-order chi connectivity index (χ0) is 14.8. The number of nitrogens with two attached hydrogens (primary N) is 1. The second kappa shape index (κ2) is 5.58. The van der Waals surface area contributed by atoms with Gasteiger partial charge in [0.2, 0.25) is 0 Å². The lowest BCUT2D eigenvalue weighted by molar-refractivity contribution is 0.414. The largest absolute Gasteiger partial charge is 0.497 e. The van der Waals surface area contributed by atoms with E-state index < -0.39 is 0 Å². The fourth-order valence-corrected chi connectivity index (χ4v) is 2.61. The molecule has 0 aliphatic heterocycles. The van der Waals surface area contributed by atoms with Crippen LogP contribution in [0.15, 0.2) is 42.5 Å². The Hall–Kier alpha value is -2.33. The molecule has 1 heterocycles. The number of methoxy groups -OCH3 is 1. The van der Waals surface area contributed by atoms with Gasteiger partial charge in [-0.25, -0.2) is 4.98 Å². The van der Waals surface area contributed by atoms with Crippen molar-refractivity contribution in [2.45, 2.75) is 13.0 Å². The number of aromatic nitrogens is 2. The van der Waals surface area contributed by atoms with E-state index in [1.165, 1.54) is 5.56 Å². The molecular formula is C17H19N3O. The van der Waals surface area contributed by atoms with E-state index in [2.05, 4.69) is 16.7 Å². The van der Waals surface area contributed by atoms with Crippen molar-refractivity contribution in [2.24, 2.45) is 12.8 Å². The Bertz CT molecular complexity index is 777. The Morgan fingerprint density at radius 2 is 2.00 bits per heavy atom. The lowest BCUT2D eigenvalue weighted by Gasteiger charge is -2.05. The molecule has 1 aromatic heterocycles. The van der Waals surface area contributed by atoms with Gasteiger partial charge >= 0.3 is 0 Å². The minimum absolute atomic E-state index is 0.507. The maximum atomic E-state index is 5.80. The topological polar surface area (TPSA) is 53.1 Å². The molecule has 0 atom stereocenters. The van der Waals surface area contributed by atoms with E-state index in [9.17, 15) is 0 Å². The first-order valence-electron chi connectivity index (χ1n) is 6.99. The average molecular weight is 281 g/mol. The fraction of sp³-hybridized carbons (Fsp3) is 0.235. The van der Waals surface area contributed by atoms with Crippen LogP contribution in [0.5, 0.6) is 5.75 Å². The molecule has 2 N–H and O–H groups in total. The van der Waals surface area contributed by atoms with E-state index in [1.54, 1.807) is 7.11 Å². The highest BCUT2D eigenvalue weighted by Crippen LogP contribution is 2.21. The predicted molar refractivity (Wildman–Crippen MR) is 84.4 cm³/mol. The van der Waals surface area contributed by atoms with Crippen LogP contribution in [0, 0.1) is 0 Å². The maximum Gasteiger partial charge on any atom is 0.119 e. The minimum Gasteiger partial charge on any atom is -0.497 e. The summed E-state index contributed by atoms with van der Waals surface area (Å²) in [5.41, 5.74) is 10.2. The van der Waals surface area contributed by atoms with Crippen molar-refractivity contribution >= 4 is 11.0 Å². The van der Waals surface area contributed by atoms with Gasteiger partial charge in [0, 0.05) is 20.0 Å². The fourth-order valence-electron chi connectivity index (χ4n) is 2.61. The number of fused-ring (bicyclic) bond motifs is 1. The zero-order valence-electron chi connectivity index (χ0n) is 12.3. The van der Waals surface area contributed by atoms with Crippen molar-refractivity contribution in [2.75, 3.05) is 7.11 Å². The molecular weight excluding hydrogens is 262 g/mol. The van der Waals surface area contributed by atoms with Crippen molar-refractivity contribution < 1.29 is 4.74 Å². The molecule has 4 nitrogen and oxygen atoms in total. The van der Waals surface area contributed by atoms with Gasteiger partial charge in [-0.2, -0.15) is 0 Å². The molecule has 108 valence electrons. The summed E-state index contributed by atoms with van der Waals surface area (Å²) >= 11 is 0. The second-order valence-electron chi connectivity index (χ2n) is 5.10. The number of rotatable bonds is 4. The van der Waals surface area contributed by atoms with Gasteiger partial charge in [-0.3, -0.25) is 0 Å². The Balaban J connectivity index is 2.02. The summed E-state index contributed by atoms with van der Waals surface area (Å²) in [7, 11) is 3.73. The van der Waals surface area contributed by atoms with Crippen molar-refractivity contribution in [3.8, 4) is 5.75 Å². The molecule has 21 heavy (non-hydrogen) atoms. The minimum atomic E-state index is 0.507. The number of para-hydroxylation sites is 1. The van der Waals surface area contributed by atoms with Gasteiger partial charge in [-0.1, -0.05) is 24.3 Å². The SMILES string of the molecule is COc1cccc(Cc2nc3c(CN)cccc3n2C)c1. The highest BCUT2D eigenvalue weighted by Gasteiger charge is 2.11. The second-order valence-corrected chi connectivity index (χ2v) is 5.10. The monoisotopic (exact) mass is 281 g/mol. The molecule has 0 aliphatic rings. The first-order chi connectivity index (χ1) is 10.2. The van der Waals surface area contributed by atoms with Gasteiger partial charge in [0.15, 0.2) is 0 Å². The summed E-state index contributed by atoms with van der Waals surface area (Å²) in [6.45, 7) is 0.507. The van der Waals surface area contributed by atoms with Crippen LogP contribution in [-0.4, -0.2) is 16.7 Å². The smallest absolute Gasteiger partial charge is 0.119 e. The molecule has 0 amide bonds. The number of benzene rings is 2. The van der Waals surface area contributed by atoms with Gasteiger partial charge in [0.25, 0.3) is 0 Å². The molecule has 4 heteroatoms. The third kappa shape index (κ3) is 2.50. The van der Waals surface area contributed by atoms with Crippen molar-refractivity contribution in [3.05, 3.63) is 59.4 Å². The van der Waals surface area contributed by atoms with Crippen LogP contribution in [0.1, 0.15) is 17.0 Å². The summed E-state index contributed by atoms with van der Waals surface area (Å²) in [5.74, 6) is 1.90. The first kappa shape index (κ1) is 13.6. The molecule has 0 fully saturated rings. The summed E-state index contributed by atoms with van der Waals surface area (Å²) in [5, 5.41) is 0. The van der Waals surface area contributed by atoms with E-state index in [4.69, 9.17) is 15.5 Å². The molecule has 2 aromatic carbocycles. The van der Waals surface area contributed by atoms with E-state index in [1.807, 2.05) is 37.4 Å². The predicted octanol–water partition coefficient (Wildman–Crippen LogP) is 2.63. The van der Waals surface area contributed by atoms with Crippen molar-refractivity contribution in [3.63, 3.8) is 0 Å². The van der Waals surface area contributed by atoms with E-state index in [0.717, 1.165) is 34.6 Å². The van der Waals surface area contributed by atoms with Crippen LogP contribution in [0.3, 0.4) is 0 Å². The number of hydrogen-bond acceptors (Lipinski definition) is 3. The molecule has 3 aromatic rings. The number of hydrogen-bond donors (Lipinski definition) is 1. The first-order valence-corrected chi connectivity index (χ1v) is 6.99. The van der Waals surface area contributed by atoms with Crippen LogP contribution in [0.25, 0.3) is 11.0 Å². The number of imidazole rings is 1. The van der Waals surface area contributed by atoms with Crippen LogP contribution >= 0.6 is 0 Å². The molecule has 0 spiro atoms. The molecule has 0 saturated heterocycles. The molecule has 0 unspecified atom stereocenters. The summed E-state index contributed by atoms with van der Waals surface area (Å²) in [4.78, 5) is 4.78. The Kier molecular flexibility index (Phi) is 3.62. The lowest BCUT2D eigenvalue weighted by atomic mass is 10.1. The number of aryl methyl sites for hydroxylation is 1. The third-order valence-electron chi connectivity index (χ3n) is 3.80. The highest BCUT2D eigenvalue weighted by molar-refractivity contribution is 5.79. The number of nitrogens with zero attached hydrogens (tertiary/aromatic N) is 2. The van der Waals surface area contributed by atoms with Crippen LogP contribution < -0.4 is 10.5 Å². The summed E-state index contributed by atoms with van der Waals surface area (Å²) in [6, 6.07) is 14.2. The molecule has 0 saturated carbocycles. The van der Waals surface area contributed by atoms with E-state index in [-0.39, 0.29) is 0 Å². The lowest BCUT2D eigenvalue weighted by Crippen LogP contribution is -1.99. The Morgan fingerprint density at radius 3 is 2.76 bits per heavy atom. The third-order valence-corrected chi connectivity index (χ3v) is 3.80. The summed E-state index contributed by atoms with van der Waals surface area (Å²) in [6.07, 6.45) is 0.770. The average Bonchev–Trinajstić information content (AvgIpc) is 2.84. The molecule has 0 aliphatic carbocycles. The van der Waals surface area contributed by atoms with E-state index >= 15 is 0 Å². The molecule has 0 bridgehead atoms. The van der Waals surface area contributed by atoms with Crippen LogP contribution in [0.2, 0.25) is 0 Å². The summed E-state index contributed by atoms with van der Waals surface area (Å²) < 4.78 is 7.41. The van der Waals surface area contributed by atoms with E-state index in [0.29, 0.717) is 6.54 Å². The molecule has 0 radical (unpaired) electrons. The maximum absolute atomic E-state index is 5.80. The van der Waals surface area contributed by atoms with Crippen molar-refractivity contribution in [1.82, 2.24) is 9.55 Å². The molecule has 3 rings (SSSR count). The van der Waals surface area contributed by atoms with Gasteiger partial charge in [-0.15, -0.1) is 0 Å². The van der Waals surface area contributed by atoms with Gasteiger partial charge in [-0.05, 0) is 29.3 Å². The zero-order valence-corrected chi connectivity index (χ0v) is 12.3. The van der Waals surface area contributed by atoms with Crippen LogP contribution in [-0.2, 0) is 20.0 Å². The highest BCUT2D eigenvalue weighted by atomic mass is 16.5. The Morgan fingerprint density at radius 1 is 1.19 bits per heavy atom. The van der Waals surface area contributed by atoms with Gasteiger partial charge in [0.05, 0.1) is 18.1 Å². The van der Waals surface area contributed by atoms with Gasteiger partial charge < -0.3 is 15.0 Å². The normalized spacial score (nSPS) is 11.0. The van der Waals surface area contributed by atoms with Crippen LogP contribution in [0.4, 0.5) is 0 Å². The van der Waals surface area contributed by atoms with Crippen molar-refractivity contribution in [1.29, 1.82) is 0 Å². The standard InChI is InChI=1S/C17H19N3O/c1-20-15-8-4-6-13(11-18)17(15)19-16(20)10-12-5-3-7-14(9-12)21-2/h3-9H,10-11,18H2,1-2H3.